The first-order chi connectivity index (χ1) is 18.4. The Morgan fingerprint density at radius 2 is 1.58 bits per heavy atom. The molecule has 3 rings (SSSR count). The van der Waals surface area contributed by atoms with Crippen molar-refractivity contribution in [1.29, 1.82) is 0 Å². The minimum atomic E-state index is -0.381. The number of phenols is 1. The van der Waals surface area contributed by atoms with E-state index in [0.717, 1.165) is 29.7 Å². The number of hydrogen-bond acceptors (Lipinski definition) is 7. The molecule has 0 aliphatic heterocycles. The molecule has 0 aliphatic rings. The second-order valence-electron chi connectivity index (χ2n) is 8.81. The summed E-state index contributed by atoms with van der Waals surface area (Å²) < 4.78 is 23.0. The smallest absolute Gasteiger partial charge is 0.338 e. The Morgan fingerprint density at radius 3 is 2.26 bits per heavy atom. The number of ketones is 1. The molecule has 3 aromatic carbocycles. The van der Waals surface area contributed by atoms with E-state index in [9.17, 15) is 14.7 Å². The molecule has 0 unspecified atom stereocenters. The number of carbonyl (C=O) groups excluding carboxylic acids is 2. The highest BCUT2D eigenvalue weighted by Crippen LogP contribution is 2.31. The Labute approximate surface area is 224 Å². The summed E-state index contributed by atoms with van der Waals surface area (Å²) >= 11 is 0. The number of rotatable bonds is 14. The molecule has 0 saturated heterocycles. The standard InChI is InChI=1S/C31H36O7/c1-5-10-23-17-26(38-25-12-8-11-24(18-25)31(34)35-7-3)13-14-29(23)36-15-9-16-37-30-20-28(33)27(21(4)32)19-22(30)6-2/h8,11-14,17-20,33H,5-7,9-10,15-16H2,1-4H3. The van der Waals surface area contributed by atoms with E-state index in [1.165, 1.54) is 13.0 Å². The van der Waals surface area contributed by atoms with E-state index in [1.54, 1.807) is 37.3 Å². The fraction of sp³-hybridized carbons (Fsp3) is 0.355. The van der Waals surface area contributed by atoms with Crippen molar-refractivity contribution in [3.8, 4) is 28.7 Å². The van der Waals surface area contributed by atoms with Gasteiger partial charge < -0.3 is 24.1 Å². The zero-order chi connectivity index (χ0) is 27.5. The summed E-state index contributed by atoms with van der Waals surface area (Å²) in [6.07, 6.45) is 3.10. The van der Waals surface area contributed by atoms with Crippen molar-refractivity contribution < 1.29 is 33.6 Å². The summed E-state index contributed by atoms with van der Waals surface area (Å²) in [5.41, 5.74) is 2.66. The molecular weight excluding hydrogens is 484 g/mol. The van der Waals surface area contributed by atoms with E-state index in [1.807, 2.05) is 25.1 Å². The van der Waals surface area contributed by atoms with Crippen LogP contribution in [0.2, 0.25) is 0 Å². The summed E-state index contributed by atoms with van der Waals surface area (Å²) in [6, 6.07) is 15.8. The van der Waals surface area contributed by atoms with Crippen molar-refractivity contribution in [2.75, 3.05) is 19.8 Å². The van der Waals surface area contributed by atoms with Crippen LogP contribution in [0.25, 0.3) is 0 Å². The largest absolute Gasteiger partial charge is 0.507 e. The van der Waals surface area contributed by atoms with Gasteiger partial charge in [-0.05, 0) is 80.3 Å². The molecule has 202 valence electrons. The van der Waals surface area contributed by atoms with Gasteiger partial charge in [0, 0.05) is 12.5 Å². The van der Waals surface area contributed by atoms with E-state index in [-0.39, 0.29) is 17.5 Å². The van der Waals surface area contributed by atoms with Crippen LogP contribution in [0.5, 0.6) is 28.7 Å². The Balaban J connectivity index is 1.59. The summed E-state index contributed by atoms with van der Waals surface area (Å²) in [6.45, 7) is 8.46. The molecule has 0 fully saturated rings. The monoisotopic (exact) mass is 520 g/mol. The number of ether oxygens (including phenoxy) is 4. The molecule has 0 spiro atoms. The van der Waals surface area contributed by atoms with Gasteiger partial charge in [0.1, 0.15) is 28.7 Å². The maximum atomic E-state index is 12.0. The number of benzene rings is 3. The second-order valence-corrected chi connectivity index (χ2v) is 8.81. The molecule has 7 nitrogen and oxygen atoms in total. The summed E-state index contributed by atoms with van der Waals surface area (Å²) in [5.74, 6) is 1.95. The molecule has 0 bridgehead atoms. The lowest BCUT2D eigenvalue weighted by atomic mass is 10.0. The molecule has 38 heavy (non-hydrogen) atoms. The molecule has 0 amide bonds. The van der Waals surface area contributed by atoms with Crippen LogP contribution in [-0.2, 0) is 17.6 Å². The Kier molecular flexibility index (Phi) is 10.6. The Morgan fingerprint density at radius 1 is 0.842 bits per heavy atom. The van der Waals surface area contributed by atoms with Crippen molar-refractivity contribution in [3.63, 3.8) is 0 Å². The van der Waals surface area contributed by atoms with E-state index >= 15 is 0 Å². The van der Waals surface area contributed by atoms with Crippen molar-refractivity contribution in [2.45, 2.75) is 53.4 Å². The summed E-state index contributed by atoms with van der Waals surface area (Å²) in [4.78, 5) is 23.7. The SMILES string of the molecule is CCCc1cc(Oc2cccc(C(=O)OCC)c2)ccc1OCCCOc1cc(O)c(C(C)=O)cc1CC. The molecule has 0 saturated carbocycles. The van der Waals surface area contributed by atoms with E-state index < -0.39 is 0 Å². The zero-order valence-corrected chi connectivity index (χ0v) is 22.5. The van der Waals surface area contributed by atoms with Gasteiger partial charge in [0.25, 0.3) is 0 Å². The fourth-order valence-corrected chi connectivity index (χ4v) is 3.99. The first kappa shape index (κ1) is 28.6. The lowest BCUT2D eigenvalue weighted by molar-refractivity contribution is 0.0526. The van der Waals surface area contributed by atoms with Crippen LogP contribution in [0.15, 0.2) is 54.6 Å². The van der Waals surface area contributed by atoms with Gasteiger partial charge in [-0.15, -0.1) is 0 Å². The number of carbonyl (C=O) groups is 2. The second kappa shape index (κ2) is 14.1. The normalized spacial score (nSPS) is 10.6. The van der Waals surface area contributed by atoms with Gasteiger partial charge in [-0.3, -0.25) is 4.79 Å². The first-order valence-electron chi connectivity index (χ1n) is 13.1. The van der Waals surface area contributed by atoms with Gasteiger partial charge in [0.15, 0.2) is 5.78 Å². The number of aromatic hydroxyl groups is 1. The fourth-order valence-electron chi connectivity index (χ4n) is 3.99. The Bertz CT molecular complexity index is 1250. The average Bonchev–Trinajstić information content (AvgIpc) is 2.90. The summed E-state index contributed by atoms with van der Waals surface area (Å²) in [7, 11) is 0. The van der Waals surface area contributed by atoms with Crippen LogP contribution in [0, 0.1) is 0 Å². The highest BCUT2D eigenvalue weighted by molar-refractivity contribution is 5.97. The van der Waals surface area contributed by atoms with Gasteiger partial charge in [0.2, 0.25) is 0 Å². The van der Waals surface area contributed by atoms with Crippen LogP contribution in [0.4, 0.5) is 0 Å². The molecule has 3 aromatic rings. The van der Waals surface area contributed by atoms with Crippen molar-refractivity contribution in [2.24, 2.45) is 0 Å². The number of phenolic OH excluding ortho intramolecular Hbond substituents is 1. The van der Waals surface area contributed by atoms with Crippen LogP contribution in [0.1, 0.15) is 72.4 Å². The third-order valence-electron chi connectivity index (χ3n) is 5.87. The third kappa shape index (κ3) is 7.75. The minimum Gasteiger partial charge on any atom is -0.507 e. The summed E-state index contributed by atoms with van der Waals surface area (Å²) in [5, 5.41) is 10.1. The molecular formula is C31H36O7. The highest BCUT2D eigenvalue weighted by atomic mass is 16.5. The van der Waals surface area contributed by atoms with Gasteiger partial charge in [0.05, 0.1) is 30.9 Å². The number of aryl methyl sites for hydroxylation is 2. The lowest BCUT2D eigenvalue weighted by Gasteiger charge is -2.15. The average molecular weight is 521 g/mol. The lowest BCUT2D eigenvalue weighted by Crippen LogP contribution is -2.08. The van der Waals surface area contributed by atoms with Crippen molar-refractivity contribution in [3.05, 3.63) is 76.9 Å². The van der Waals surface area contributed by atoms with E-state index in [4.69, 9.17) is 18.9 Å². The van der Waals surface area contributed by atoms with Crippen LogP contribution < -0.4 is 14.2 Å². The van der Waals surface area contributed by atoms with Gasteiger partial charge in [-0.1, -0.05) is 26.3 Å². The van der Waals surface area contributed by atoms with Crippen molar-refractivity contribution >= 4 is 11.8 Å². The zero-order valence-electron chi connectivity index (χ0n) is 22.5. The number of Topliss-reactive ketones (excluding diaryl/α,β-unsaturated/α-hetero) is 1. The molecule has 7 heteroatoms. The predicted octanol–water partition coefficient (Wildman–Crippen LogP) is 6.93. The van der Waals surface area contributed by atoms with Crippen LogP contribution in [0.3, 0.4) is 0 Å². The maximum Gasteiger partial charge on any atom is 0.338 e. The molecule has 0 atom stereocenters. The predicted molar refractivity (Wildman–Crippen MR) is 146 cm³/mol. The number of hydrogen-bond donors (Lipinski definition) is 1. The molecule has 1 N–H and O–H groups in total. The van der Waals surface area contributed by atoms with Gasteiger partial charge in [-0.25, -0.2) is 4.79 Å². The molecule has 0 heterocycles. The minimum absolute atomic E-state index is 0.0694. The third-order valence-corrected chi connectivity index (χ3v) is 5.87. The molecule has 0 radical (unpaired) electrons. The highest BCUT2D eigenvalue weighted by Gasteiger charge is 2.13. The van der Waals surface area contributed by atoms with Gasteiger partial charge >= 0.3 is 5.97 Å². The van der Waals surface area contributed by atoms with E-state index in [0.29, 0.717) is 61.0 Å². The molecule has 0 aliphatic carbocycles. The molecule has 0 aromatic heterocycles. The van der Waals surface area contributed by atoms with Crippen LogP contribution in [-0.4, -0.2) is 36.7 Å². The maximum absolute atomic E-state index is 12.0. The number of esters is 1. The first-order valence-corrected chi connectivity index (χ1v) is 13.1. The topological polar surface area (TPSA) is 91.3 Å². The Hall–Kier alpha value is -4.00. The van der Waals surface area contributed by atoms with Gasteiger partial charge in [-0.2, -0.15) is 0 Å². The van der Waals surface area contributed by atoms with Crippen LogP contribution >= 0.6 is 0 Å². The quantitative estimate of drug-likeness (QED) is 0.140. The van der Waals surface area contributed by atoms with E-state index in [2.05, 4.69) is 6.92 Å². The van der Waals surface area contributed by atoms with Crippen molar-refractivity contribution in [1.82, 2.24) is 0 Å².